The highest BCUT2D eigenvalue weighted by Crippen LogP contribution is 2.35. The minimum atomic E-state index is -0.215. The number of carbonyl (C=O) groups is 3. The molecule has 3 fully saturated rings. The van der Waals surface area contributed by atoms with E-state index in [0.717, 1.165) is 70.4 Å². The van der Waals surface area contributed by atoms with Gasteiger partial charge in [-0.05, 0) is 57.1 Å². The summed E-state index contributed by atoms with van der Waals surface area (Å²) in [6, 6.07) is 5.55. The molecular formula is C24H31N3O4. The molecule has 3 amide bonds. The van der Waals surface area contributed by atoms with Crippen LogP contribution in [0.15, 0.2) is 18.2 Å². The SMILES string of the molecule is O=C(C1CCN(c2cccc3c2C(=O)N(C[C@@H]2CCCO2)C3=O)CC1)N1CCCCC1. The first-order valence-electron chi connectivity index (χ1n) is 11.8. The second-order valence-corrected chi connectivity index (χ2v) is 9.20. The van der Waals surface area contributed by atoms with Gasteiger partial charge in [0, 0.05) is 38.7 Å². The van der Waals surface area contributed by atoms with Gasteiger partial charge in [-0.2, -0.15) is 0 Å². The lowest BCUT2D eigenvalue weighted by atomic mass is 9.93. The van der Waals surface area contributed by atoms with Crippen molar-refractivity contribution in [2.75, 3.05) is 44.2 Å². The van der Waals surface area contributed by atoms with Crippen molar-refractivity contribution in [1.82, 2.24) is 9.80 Å². The van der Waals surface area contributed by atoms with Crippen LogP contribution >= 0.6 is 0 Å². The number of likely N-dealkylation sites (tertiary alicyclic amines) is 1. The highest BCUT2D eigenvalue weighted by atomic mass is 16.5. The van der Waals surface area contributed by atoms with E-state index in [4.69, 9.17) is 4.74 Å². The summed E-state index contributed by atoms with van der Waals surface area (Å²) >= 11 is 0. The molecule has 0 saturated carbocycles. The van der Waals surface area contributed by atoms with Gasteiger partial charge >= 0.3 is 0 Å². The third kappa shape index (κ3) is 3.84. The lowest BCUT2D eigenvalue weighted by Crippen LogP contribution is -2.44. The Labute approximate surface area is 183 Å². The molecule has 1 aromatic carbocycles. The Morgan fingerprint density at radius 3 is 2.42 bits per heavy atom. The Balaban J connectivity index is 1.28. The van der Waals surface area contributed by atoms with E-state index in [9.17, 15) is 14.4 Å². The second-order valence-electron chi connectivity index (χ2n) is 9.20. The standard InChI is InChI=1S/C24H31N3O4/c28-22(26-11-2-1-3-12-26)17-9-13-25(14-10-17)20-8-4-7-19-21(20)24(30)27(23(19)29)16-18-6-5-15-31-18/h4,7-8,17-18H,1-3,5-6,9-16H2/t18-/m0/s1. The first-order chi connectivity index (χ1) is 15.1. The van der Waals surface area contributed by atoms with Crippen molar-refractivity contribution in [3.8, 4) is 0 Å². The smallest absolute Gasteiger partial charge is 0.263 e. The number of hydrogen-bond donors (Lipinski definition) is 0. The van der Waals surface area contributed by atoms with Gasteiger partial charge in [0.2, 0.25) is 5.91 Å². The van der Waals surface area contributed by atoms with E-state index >= 15 is 0 Å². The third-order valence-corrected chi connectivity index (χ3v) is 7.24. The number of imide groups is 1. The molecule has 4 heterocycles. The third-order valence-electron chi connectivity index (χ3n) is 7.24. The van der Waals surface area contributed by atoms with Crippen LogP contribution in [-0.4, -0.2) is 73.0 Å². The number of rotatable bonds is 4. The molecule has 1 atom stereocenters. The van der Waals surface area contributed by atoms with E-state index in [1.165, 1.54) is 11.3 Å². The van der Waals surface area contributed by atoms with Gasteiger partial charge in [0.15, 0.2) is 0 Å². The minimum Gasteiger partial charge on any atom is -0.376 e. The highest BCUT2D eigenvalue weighted by Gasteiger charge is 2.40. The van der Waals surface area contributed by atoms with Crippen LogP contribution < -0.4 is 4.90 Å². The Hall–Kier alpha value is -2.41. The second kappa shape index (κ2) is 8.61. The molecular weight excluding hydrogens is 394 g/mol. The van der Waals surface area contributed by atoms with Gasteiger partial charge in [0.1, 0.15) is 0 Å². The van der Waals surface area contributed by atoms with E-state index in [-0.39, 0.29) is 23.8 Å². The van der Waals surface area contributed by atoms with E-state index in [1.807, 2.05) is 17.0 Å². The molecule has 4 aliphatic heterocycles. The first-order valence-corrected chi connectivity index (χ1v) is 11.8. The summed E-state index contributed by atoms with van der Waals surface area (Å²) in [5.41, 5.74) is 1.84. The van der Waals surface area contributed by atoms with Crippen LogP contribution in [0, 0.1) is 5.92 Å². The first kappa shape index (κ1) is 20.5. The number of anilines is 1. The predicted molar refractivity (Wildman–Crippen MR) is 116 cm³/mol. The van der Waals surface area contributed by atoms with Crippen LogP contribution in [0.1, 0.15) is 65.7 Å². The van der Waals surface area contributed by atoms with E-state index < -0.39 is 0 Å². The number of benzene rings is 1. The quantitative estimate of drug-likeness (QED) is 0.694. The molecule has 3 saturated heterocycles. The summed E-state index contributed by atoms with van der Waals surface area (Å²) in [6.07, 6.45) is 6.84. The fraction of sp³-hybridized carbons (Fsp3) is 0.625. The summed E-state index contributed by atoms with van der Waals surface area (Å²) in [4.78, 5) is 44.6. The van der Waals surface area contributed by atoms with Crippen molar-refractivity contribution >= 4 is 23.4 Å². The zero-order valence-corrected chi connectivity index (χ0v) is 18.1. The molecule has 7 heteroatoms. The molecule has 5 rings (SSSR count). The maximum atomic E-state index is 13.2. The molecule has 166 valence electrons. The molecule has 7 nitrogen and oxygen atoms in total. The maximum absolute atomic E-state index is 13.2. The Bertz CT molecular complexity index is 866. The van der Waals surface area contributed by atoms with Gasteiger partial charge < -0.3 is 14.5 Å². The Morgan fingerprint density at radius 2 is 1.71 bits per heavy atom. The highest BCUT2D eigenvalue weighted by molar-refractivity contribution is 6.23. The Kier molecular flexibility index (Phi) is 5.69. The number of carbonyl (C=O) groups excluding carboxylic acids is 3. The minimum absolute atomic E-state index is 0.0535. The molecule has 31 heavy (non-hydrogen) atoms. The average Bonchev–Trinajstić information content (AvgIpc) is 3.42. The number of piperidine rings is 2. The zero-order chi connectivity index (χ0) is 21.4. The van der Waals surface area contributed by atoms with E-state index in [2.05, 4.69) is 4.90 Å². The molecule has 0 N–H and O–H groups in total. The summed E-state index contributed by atoms with van der Waals surface area (Å²) < 4.78 is 5.65. The van der Waals surface area contributed by atoms with Crippen LogP contribution in [0.25, 0.3) is 0 Å². The van der Waals surface area contributed by atoms with Crippen molar-refractivity contribution in [3.05, 3.63) is 29.3 Å². The number of nitrogens with zero attached hydrogens (tertiary/aromatic N) is 3. The summed E-state index contributed by atoms with van der Waals surface area (Å²) in [7, 11) is 0. The number of hydrogen-bond acceptors (Lipinski definition) is 5. The lowest BCUT2D eigenvalue weighted by molar-refractivity contribution is -0.137. The average molecular weight is 426 g/mol. The predicted octanol–water partition coefficient (Wildman–Crippen LogP) is 2.69. The fourth-order valence-electron chi connectivity index (χ4n) is 5.48. The van der Waals surface area contributed by atoms with Crippen LogP contribution in [0.5, 0.6) is 0 Å². The fourth-order valence-corrected chi connectivity index (χ4v) is 5.48. The number of fused-ring (bicyclic) bond motifs is 1. The lowest BCUT2D eigenvalue weighted by Gasteiger charge is -2.37. The molecule has 0 spiro atoms. The van der Waals surface area contributed by atoms with Gasteiger partial charge in [-0.25, -0.2) is 0 Å². The van der Waals surface area contributed by atoms with Gasteiger partial charge in [0.25, 0.3) is 11.8 Å². The van der Waals surface area contributed by atoms with Crippen LogP contribution in [0.2, 0.25) is 0 Å². The van der Waals surface area contributed by atoms with Gasteiger partial charge in [0.05, 0.1) is 29.5 Å². The molecule has 0 unspecified atom stereocenters. The van der Waals surface area contributed by atoms with Crippen molar-refractivity contribution in [2.45, 2.75) is 51.0 Å². The summed E-state index contributed by atoms with van der Waals surface area (Å²) in [5, 5.41) is 0. The monoisotopic (exact) mass is 425 g/mol. The maximum Gasteiger partial charge on any atom is 0.263 e. The van der Waals surface area contributed by atoms with Gasteiger partial charge in [-0.15, -0.1) is 0 Å². The number of ether oxygens (including phenoxy) is 1. The number of amides is 3. The molecule has 0 aliphatic carbocycles. The molecule has 0 radical (unpaired) electrons. The van der Waals surface area contributed by atoms with Crippen molar-refractivity contribution in [3.63, 3.8) is 0 Å². The van der Waals surface area contributed by atoms with Gasteiger partial charge in [-0.1, -0.05) is 6.07 Å². The molecule has 0 aromatic heterocycles. The van der Waals surface area contributed by atoms with Gasteiger partial charge in [-0.3, -0.25) is 19.3 Å². The van der Waals surface area contributed by atoms with Crippen LogP contribution in [0.3, 0.4) is 0 Å². The van der Waals surface area contributed by atoms with Crippen LogP contribution in [0.4, 0.5) is 5.69 Å². The summed E-state index contributed by atoms with van der Waals surface area (Å²) in [5.74, 6) is -0.0591. The van der Waals surface area contributed by atoms with Crippen molar-refractivity contribution < 1.29 is 19.1 Å². The van der Waals surface area contributed by atoms with Crippen molar-refractivity contribution in [2.24, 2.45) is 5.92 Å². The molecule has 1 aromatic rings. The van der Waals surface area contributed by atoms with Crippen molar-refractivity contribution in [1.29, 1.82) is 0 Å². The van der Waals surface area contributed by atoms with E-state index in [0.29, 0.717) is 30.2 Å². The largest absolute Gasteiger partial charge is 0.376 e. The molecule has 0 bridgehead atoms. The Morgan fingerprint density at radius 1 is 0.935 bits per heavy atom. The van der Waals surface area contributed by atoms with Crippen LogP contribution in [-0.2, 0) is 9.53 Å². The normalized spacial score (nSPS) is 24.8. The zero-order valence-electron chi connectivity index (χ0n) is 18.1. The molecule has 4 aliphatic rings. The summed E-state index contributed by atoms with van der Waals surface area (Å²) in [6.45, 7) is 4.27. The van der Waals surface area contributed by atoms with E-state index in [1.54, 1.807) is 6.07 Å². The topological polar surface area (TPSA) is 70.2 Å².